The van der Waals surface area contributed by atoms with E-state index in [9.17, 15) is 0 Å². The number of hydrogen-bond acceptors (Lipinski definition) is 4. The van der Waals surface area contributed by atoms with Crippen molar-refractivity contribution in [2.45, 2.75) is 49.8 Å². The predicted molar refractivity (Wildman–Crippen MR) is 77.9 cm³/mol. The third kappa shape index (κ3) is 3.46. The fourth-order valence-corrected chi connectivity index (χ4v) is 4.10. The molecule has 1 unspecified atom stereocenters. The van der Waals surface area contributed by atoms with Gasteiger partial charge in [-0.3, -0.25) is 0 Å². The van der Waals surface area contributed by atoms with E-state index in [0.717, 1.165) is 6.54 Å². The molecule has 1 aliphatic carbocycles. The van der Waals surface area contributed by atoms with E-state index in [1.165, 1.54) is 37.8 Å². The Kier molecular flexibility index (Phi) is 4.88. The van der Waals surface area contributed by atoms with Crippen LogP contribution in [0.15, 0.2) is 10.9 Å². The van der Waals surface area contributed by atoms with Crippen molar-refractivity contribution >= 4 is 23.1 Å². The van der Waals surface area contributed by atoms with Crippen LogP contribution in [0.2, 0.25) is 0 Å². The van der Waals surface area contributed by atoms with Gasteiger partial charge in [-0.25, -0.2) is 4.98 Å². The molecule has 1 aromatic heterocycles. The second kappa shape index (κ2) is 6.21. The van der Waals surface area contributed by atoms with E-state index < -0.39 is 0 Å². The molecule has 1 atom stereocenters. The van der Waals surface area contributed by atoms with Gasteiger partial charge in [0.05, 0.1) is 11.2 Å². The Morgan fingerprint density at radius 3 is 2.82 bits per heavy atom. The summed E-state index contributed by atoms with van der Waals surface area (Å²) in [4.78, 5) is 4.38. The molecule has 1 aromatic rings. The number of hydrogen-bond donors (Lipinski definition) is 1. The summed E-state index contributed by atoms with van der Waals surface area (Å²) >= 11 is 3.73. The number of thioether (sulfide) groups is 1. The predicted octanol–water partition coefficient (Wildman–Crippen LogP) is 3.86. The van der Waals surface area contributed by atoms with Gasteiger partial charge in [0.15, 0.2) is 0 Å². The first-order chi connectivity index (χ1) is 8.26. The lowest BCUT2D eigenvalue weighted by molar-refractivity contribution is 0.366. The molecule has 1 aliphatic rings. The van der Waals surface area contributed by atoms with Gasteiger partial charge in [0.1, 0.15) is 0 Å². The number of aromatic nitrogens is 1. The standard InChI is InChI=1S/C13H22N2S2/c1-11(12-8-17-10-15-12)14-9-13(16-2)6-4-3-5-7-13/h8,10-11,14H,3-7,9H2,1-2H3. The minimum atomic E-state index is 0.382. The number of thiazole rings is 1. The molecule has 17 heavy (non-hydrogen) atoms. The Hall–Kier alpha value is -0.0600. The molecule has 1 N–H and O–H groups in total. The Morgan fingerprint density at radius 1 is 1.47 bits per heavy atom. The lowest BCUT2D eigenvalue weighted by atomic mass is 9.88. The highest BCUT2D eigenvalue weighted by Gasteiger charge is 2.31. The molecule has 1 fully saturated rings. The molecule has 0 spiro atoms. The van der Waals surface area contributed by atoms with Crippen molar-refractivity contribution in [3.05, 3.63) is 16.6 Å². The van der Waals surface area contributed by atoms with Gasteiger partial charge in [0.25, 0.3) is 0 Å². The smallest absolute Gasteiger partial charge is 0.0795 e. The summed E-state index contributed by atoms with van der Waals surface area (Å²) < 4.78 is 0.475. The van der Waals surface area contributed by atoms with Gasteiger partial charge in [0, 0.05) is 22.7 Å². The Labute approximate surface area is 113 Å². The molecule has 2 nitrogen and oxygen atoms in total. The van der Waals surface area contributed by atoms with E-state index in [-0.39, 0.29) is 0 Å². The fraction of sp³-hybridized carbons (Fsp3) is 0.769. The lowest BCUT2D eigenvalue weighted by Crippen LogP contribution is -2.40. The average Bonchev–Trinajstić information content (AvgIpc) is 2.91. The van der Waals surface area contributed by atoms with Crippen LogP contribution in [0.3, 0.4) is 0 Å². The van der Waals surface area contributed by atoms with Crippen LogP contribution in [0.4, 0.5) is 0 Å². The zero-order chi connectivity index (χ0) is 12.1. The van der Waals surface area contributed by atoms with E-state index in [2.05, 4.69) is 40.6 Å². The minimum absolute atomic E-state index is 0.382. The summed E-state index contributed by atoms with van der Waals surface area (Å²) in [5.41, 5.74) is 3.10. The van der Waals surface area contributed by atoms with Crippen LogP contribution in [0.5, 0.6) is 0 Å². The highest BCUT2D eigenvalue weighted by molar-refractivity contribution is 8.00. The zero-order valence-corrected chi connectivity index (χ0v) is 12.4. The van der Waals surface area contributed by atoms with Gasteiger partial charge in [-0.15, -0.1) is 11.3 Å². The van der Waals surface area contributed by atoms with Gasteiger partial charge in [-0.05, 0) is 26.0 Å². The van der Waals surface area contributed by atoms with Crippen LogP contribution in [-0.4, -0.2) is 22.5 Å². The maximum atomic E-state index is 4.38. The first-order valence-electron chi connectivity index (χ1n) is 6.42. The van der Waals surface area contributed by atoms with Crippen molar-refractivity contribution in [2.75, 3.05) is 12.8 Å². The Balaban J connectivity index is 1.87. The van der Waals surface area contributed by atoms with Crippen LogP contribution in [0.25, 0.3) is 0 Å². The van der Waals surface area contributed by atoms with Gasteiger partial charge in [-0.2, -0.15) is 11.8 Å². The molecule has 4 heteroatoms. The molecule has 0 aromatic carbocycles. The first-order valence-corrected chi connectivity index (χ1v) is 8.59. The number of nitrogens with one attached hydrogen (secondary N) is 1. The van der Waals surface area contributed by atoms with E-state index in [1.54, 1.807) is 11.3 Å². The first kappa shape index (κ1) is 13.4. The summed E-state index contributed by atoms with van der Waals surface area (Å²) in [7, 11) is 0. The molecule has 0 amide bonds. The molecular weight excluding hydrogens is 248 g/mol. The molecular formula is C13H22N2S2. The van der Waals surface area contributed by atoms with Gasteiger partial charge in [-0.1, -0.05) is 19.3 Å². The second-order valence-corrected chi connectivity index (χ2v) is 6.96. The molecule has 1 heterocycles. The number of rotatable bonds is 5. The van der Waals surface area contributed by atoms with Gasteiger partial charge >= 0.3 is 0 Å². The third-order valence-electron chi connectivity index (χ3n) is 3.82. The minimum Gasteiger partial charge on any atom is -0.307 e. The second-order valence-electron chi connectivity index (χ2n) is 4.96. The Morgan fingerprint density at radius 2 is 2.24 bits per heavy atom. The topological polar surface area (TPSA) is 24.9 Å². The van der Waals surface area contributed by atoms with Gasteiger partial charge in [0.2, 0.25) is 0 Å². The molecule has 1 saturated carbocycles. The van der Waals surface area contributed by atoms with E-state index in [4.69, 9.17) is 0 Å². The van der Waals surface area contributed by atoms with Crippen LogP contribution in [-0.2, 0) is 0 Å². The molecule has 0 aliphatic heterocycles. The van der Waals surface area contributed by atoms with Crippen LogP contribution in [0.1, 0.15) is 50.8 Å². The number of nitrogens with zero attached hydrogens (tertiary/aromatic N) is 1. The monoisotopic (exact) mass is 270 g/mol. The summed E-state index contributed by atoms with van der Waals surface area (Å²) in [6.07, 6.45) is 9.21. The maximum Gasteiger partial charge on any atom is 0.0795 e. The summed E-state index contributed by atoms with van der Waals surface area (Å²) in [5.74, 6) is 0. The van der Waals surface area contributed by atoms with E-state index in [1.807, 2.05) is 5.51 Å². The van der Waals surface area contributed by atoms with Crippen molar-refractivity contribution < 1.29 is 0 Å². The van der Waals surface area contributed by atoms with Crippen LogP contribution < -0.4 is 5.32 Å². The van der Waals surface area contributed by atoms with Crippen molar-refractivity contribution in [1.82, 2.24) is 10.3 Å². The summed E-state index contributed by atoms with van der Waals surface area (Å²) in [6, 6.07) is 0.382. The van der Waals surface area contributed by atoms with Crippen molar-refractivity contribution in [3.63, 3.8) is 0 Å². The molecule has 0 bridgehead atoms. The highest BCUT2D eigenvalue weighted by Crippen LogP contribution is 2.38. The lowest BCUT2D eigenvalue weighted by Gasteiger charge is -2.36. The van der Waals surface area contributed by atoms with E-state index in [0.29, 0.717) is 10.8 Å². The SMILES string of the molecule is CSC1(CNC(C)c2cscn2)CCCCC1. The van der Waals surface area contributed by atoms with Crippen molar-refractivity contribution in [2.24, 2.45) is 0 Å². The quantitative estimate of drug-likeness (QED) is 0.879. The van der Waals surface area contributed by atoms with Crippen LogP contribution in [0, 0.1) is 0 Å². The molecule has 0 saturated heterocycles. The third-order valence-corrected chi connectivity index (χ3v) is 5.85. The largest absolute Gasteiger partial charge is 0.307 e. The van der Waals surface area contributed by atoms with Crippen molar-refractivity contribution in [1.29, 1.82) is 0 Å². The normalized spacial score (nSPS) is 21.3. The Bertz CT molecular complexity index is 318. The maximum absolute atomic E-state index is 4.38. The summed E-state index contributed by atoms with van der Waals surface area (Å²) in [5, 5.41) is 5.81. The molecule has 2 rings (SSSR count). The summed E-state index contributed by atoms with van der Waals surface area (Å²) in [6.45, 7) is 3.33. The van der Waals surface area contributed by atoms with Crippen molar-refractivity contribution in [3.8, 4) is 0 Å². The molecule has 96 valence electrons. The average molecular weight is 270 g/mol. The van der Waals surface area contributed by atoms with Crippen LogP contribution >= 0.6 is 23.1 Å². The zero-order valence-electron chi connectivity index (χ0n) is 10.7. The van der Waals surface area contributed by atoms with Gasteiger partial charge < -0.3 is 5.32 Å². The molecule has 0 radical (unpaired) electrons. The van der Waals surface area contributed by atoms with E-state index >= 15 is 0 Å². The highest BCUT2D eigenvalue weighted by atomic mass is 32.2. The fourth-order valence-electron chi connectivity index (χ4n) is 2.53.